The van der Waals surface area contributed by atoms with Gasteiger partial charge in [-0.1, -0.05) is 206 Å². The molecule has 0 atom stereocenters. The van der Waals surface area contributed by atoms with Crippen molar-refractivity contribution >= 4 is 77.7 Å². The van der Waals surface area contributed by atoms with Crippen molar-refractivity contribution in [2.24, 2.45) is 0 Å². The van der Waals surface area contributed by atoms with Crippen LogP contribution < -0.4 is 9.80 Å². The van der Waals surface area contributed by atoms with E-state index in [-0.39, 0.29) is 6.61 Å². The summed E-state index contributed by atoms with van der Waals surface area (Å²) in [6.45, 7) is 0.00674. The Hall–Kier alpha value is -12.7. The van der Waals surface area contributed by atoms with Gasteiger partial charge in [0, 0.05) is 80.5 Å². The predicted molar refractivity (Wildman–Crippen MR) is 400 cm³/mol. The van der Waals surface area contributed by atoms with Crippen molar-refractivity contribution in [2.75, 3.05) is 9.80 Å². The predicted octanol–water partition coefficient (Wildman–Crippen LogP) is 23.1. The van der Waals surface area contributed by atoms with Crippen LogP contribution >= 0.6 is 0 Å². The zero-order chi connectivity index (χ0) is 64.2. The van der Waals surface area contributed by atoms with Crippen LogP contribution in [0.4, 0.5) is 34.1 Å². The summed E-state index contributed by atoms with van der Waals surface area (Å²) < 4.78 is 4.75. The molecule has 4 heterocycles. The van der Waals surface area contributed by atoms with Crippen LogP contribution in [0.2, 0.25) is 0 Å². The number of fused-ring (bicyclic) bond motifs is 6. The van der Waals surface area contributed by atoms with Crippen LogP contribution in [-0.4, -0.2) is 24.2 Å². The molecule has 13 aromatic carbocycles. The third-order valence-electron chi connectivity index (χ3n) is 18.1. The standard InChI is InChI=1S/C47H33N3.C42H31N3O/c1-4-13-34(14-5-1)38-31-39(35-15-6-2-7-16-35)33-42(32-38)49(40-17-8-3-9-18-40)45-21-12-22-46-47(45)43-19-10-11-20-44(43)50(46)41-25-23-36(24-26-41)37-27-29-48-30-28-37;46-29-30-16-20-35(21-17-30)44(37-11-6-10-34(28-37)31-8-2-1-3-9-31)40-14-7-15-41-42(40)38-12-4-5-13-39(38)45(41)36-22-18-32(19-23-36)33-24-26-43-27-25-33/h1-33H;1-28,46H,29H2. The molecular formula is C89H64N6O. The molecule has 0 saturated heterocycles. The zero-order valence-electron chi connectivity index (χ0n) is 52.6. The van der Waals surface area contributed by atoms with Gasteiger partial charge < -0.3 is 24.0 Å². The largest absolute Gasteiger partial charge is 0.392 e. The molecule has 7 heteroatoms. The molecule has 0 bridgehead atoms. The SMILES string of the molecule is OCc1ccc(N(c2cccc(-c3ccccc3)c2)c2cccc3c2c2ccccc2n3-c2ccc(-c3ccncc3)cc2)cc1.c1ccc(-c2cc(-c3ccccc3)cc(N(c3ccccc3)c3cccc4c3c3ccccc3n4-c3ccc(-c4ccncc4)cc3)c2)cc1. The number of rotatable bonds is 14. The number of pyridine rings is 2. The van der Waals surface area contributed by atoms with E-state index in [1.165, 1.54) is 60.4 Å². The molecule has 17 aromatic rings. The number of aliphatic hydroxyl groups excluding tert-OH is 1. The number of para-hydroxylation sites is 3. The minimum absolute atomic E-state index is 0.00674. The normalized spacial score (nSPS) is 11.2. The summed E-state index contributed by atoms with van der Waals surface area (Å²) >= 11 is 0. The Balaban J connectivity index is 0.000000152. The molecule has 0 radical (unpaired) electrons. The molecule has 0 unspecified atom stereocenters. The average molecular weight is 1230 g/mol. The molecule has 96 heavy (non-hydrogen) atoms. The molecule has 17 rings (SSSR count). The minimum atomic E-state index is 0.00674. The first kappa shape index (κ1) is 58.4. The highest BCUT2D eigenvalue weighted by Crippen LogP contribution is 2.48. The van der Waals surface area contributed by atoms with Gasteiger partial charge in [0.25, 0.3) is 0 Å². The van der Waals surface area contributed by atoms with Crippen molar-refractivity contribution in [3.63, 3.8) is 0 Å². The lowest BCUT2D eigenvalue weighted by molar-refractivity contribution is 0.282. The average Bonchev–Trinajstić information content (AvgIpc) is 1.57. The summed E-state index contributed by atoms with van der Waals surface area (Å²) in [5.74, 6) is 0. The Morgan fingerprint density at radius 3 is 1.06 bits per heavy atom. The Morgan fingerprint density at radius 1 is 0.250 bits per heavy atom. The van der Waals surface area contributed by atoms with Crippen LogP contribution in [-0.2, 0) is 6.61 Å². The Bertz CT molecular complexity index is 5470. The molecule has 7 nitrogen and oxygen atoms in total. The van der Waals surface area contributed by atoms with Crippen molar-refractivity contribution in [1.29, 1.82) is 0 Å². The molecular weight excluding hydrogens is 1170 g/mol. The lowest BCUT2D eigenvalue weighted by atomic mass is 9.97. The Kier molecular flexibility index (Phi) is 15.9. The van der Waals surface area contributed by atoms with E-state index in [0.717, 1.165) is 89.9 Å². The Labute approximate surface area is 558 Å². The summed E-state index contributed by atoms with van der Waals surface area (Å²) in [5.41, 5.74) is 25.9. The van der Waals surface area contributed by atoms with Crippen molar-refractivity contribution in [2.45, 2.75) is 6.61 Å². The highest BCUT2D eigenvalue weighted by molar-refractivity contribution is 6.18. The van der Waals surface area contributed by atoms with E-state index in [9.17, 15) is 5.11 Å². The highest BCUT2D eigenvalue weighted by atomic mass is 16.3. The molecule has 0 aliphatic rings. The molecule has 0 saturated carbocycles. The topological polar surface area (TPSA) is 62.4 Å². The first-order chi connectivity index (χ1) is 47.6. The van der Waals surface area contributed by atoms with Gasteiger partial charge in [0.05, 0.1) is 40.0 Å². The first-order valence-electron chi connectivity index (χ1n) is 32.4. The van der Waals surface area contributed by atoms with Gasteiger partial charge >= 0.3 is 0 Å². The van der Waals surface area contributed by atoms with E-state index in [1.54, 1.807) is 0 Å². The highest BCUT2D eigenvalue weighted by Gasteiger charge is 2.24. The number of hydrogen-bond donors (Lipinski definition) is 1. The van der Waals surface area contributed by atoms with E-state index in [1.807, 2.05) is 55.1 Å². The molecule has 0 spiro atoms. The van der Waals surface area contributed by atoms with Gasteiger partial charge in [-0.15, -0.1) is 0 Å². The van der Waals surface area contributed by atoms with Gasteiger partial charge in [-0.05, 0) is 201 Å². The van der Waals surface area contributed by atoms with E-state index in [0.29, 0.717) is 0 Å². The lowest BCUT2D eigenvalue weighted by Gasteiger charge is -2.28. The maximum Gasteiger partial charge on any atom is 0.0681 e. The van der Waals surface area contributed by atoms with Gasteiger partial charge in [-0.3, -0.25) is 9.97 Å². The third kappa shape index (κ3) is 11.3. The van der Waals surface area contributed by atoms with Crippen LogP contribution in [0, 0.1) is 0 Å². The fraction of sp³-hybridized carbons (Fsp3) is 0.0112. The maximum absolute atomic E-state index is 9.80. The van der Waals surface area contributed by atoms with Gasteiger partial charge in [-0.2, -0.15) is 0 Å². The summed E-state index contributed by atoms with van der Waals surface area (Å²) in [6, 6.07) is 123. The zero-order valence-corrected chi connectivity index (χ0v) is 52.6. The van der Waals surface area contributed by atoms with Crippen LogP contribution in [0.3, 0.4) is 0 Å². The van der Waals surface area contributed by atoms with Gasteiger partial charge in [-0.25, -0.2) is 0 Å². The van der Waals surface area contributed by atoms with Crippen LogP contribution in [0.1, 0.15) is 5.56 Å². The van der Waals surface area contributed by atoms with Gasteiger partial charge in [0.2, 0.25) is 0 Å². The lowest BCUT2D eigenvalue weighted by Crippen LogP contribution is -2.10. The number of aromatic nitrogens is 4. The first-order valence-corrected chi connectivity index (χ1v) is 32.4. The number of anilines is 6. The smallest absolute Gasteiger partial charge is 0.0681 e. The second-order valence-electron chi connectivity index (χ2n) is 23.9. The molecule has 0 amide bonds. The van der Waals surface area contributed by atoms with E-state index >= 15 is 0 Å². The van der Waals surface area contributed by atoms with Gasteiger partial charge in [0.15, 0.2) is 0 Å². The number of hydrogen-bond acceptors (Lipinski definition) is 5. The van der Waals surface area contributed by atoms with Crippen molar-refractivity contribution in [1.82, 2.24) is 19.1 Å². The fourth-order valence-corrected chi connectivity index (χ4v) is 13.6. The minimum Gasteiger partial charge on any atom is -0.392 e. The molecule has 456 valence electrons. The summed E-state index contributed by atoms with van der Waals surface area (Å²) in [6.07, 6.45) is 7.34. The number of benzene rings is 13. The summed E-state index contributed by atoms with van der Waals surface area (Å²) in [7, 11) is 0. The second-order valence-corrected chi connectivity index (χ2v) is 23.9. The maximum atomic E-state index is 9.80. The molecule has 4 aromatic heterocycles. The molecule has 0 fully saturated rings. The monoisotopic (exact) mass is 1230 g/mol. The molecule has 0 aliphatic carbocycles. The Morgan fingerprint density at radius 2 is 0.594 bits per heavy atom. The summed E-state index contributed by atoms with van der Waals surface area (Å²) in [4.78, 5) is 13.1. The van der Waals surface area contributed by atoms with Crippen LogP contribution in [0.15, 0.2) is 371 Å². The quantitative estimate of drug-likeness (QED) is 0.118. The fourth-order valence-electron chi connectivity index (χ4n) is 13.6. The van der Waals surface area contributed by atoms with Crippen molar-refractivity contribution in [3.05, 3.63) is 376 Å². The number of nitrogens with zero attached hydrogens (tertiary/aromatic N) is 6. The third-order valence-corrected chi connectivity index (χ3v) is 18.1. The van der Waals surface area contributed by atoms with E-state index in [2.05, 4.69) is 344 Å². The second kappa shape index (κ2) is 26.1. The van der Waals surface area contributed by atoms with E-state index < -0.39 is 0 Å². The molecule has 0 aliphatic heterocycles. The van der Waals surface area contributed by atoms with Gasteiger partial charge in [0.1, 0.15) is 0 Å². The van der Waals surface area contributed by atoms with Crippen LogP contribution in [0.5, 0.6) is 0 Å². The van der Waals surface area contributed by atoms with Crippen molar-refractivity contribution < 1.29 is 5.11 Å². The molecule has 1 N–H and O–H groups in total. The summed E-state index contributed by atoms with van der Waals surface area (Å²) in [5, 5.41) is 14.6. The van der Waals surface area contributed by atoms with Crippen molar-refractivity contribution in [3.8, 4) is 67.0 Å². The number of aliphatic hydroxyl groups is 1. The van der Waals surface area contributed by atoms with E-state index in [4.69, 9.17) is 0 Å². The van der Waals surface area contributed by atoms with Crippen LogP contribution in [0.25, 0.3) is 111 Å².